The van der Waals surface area contributed by atoms with Crippen molar-refractivity contribution in [2.24, 2.45) is 0 Å². The van der Waals surface area contributed by atoms with Gasteiger partial charge in [-0.25, -0.2) is 0 Å². The highest BCUT2D eigenvalue weighted by Gasteiger charge is 2.06. The number of carbonyl (C=O) groups excluding carboxylic acids is 1. The van der Waals surface area contributed by atoms with Crippen LogP contribution in [0.2, 0.25) is 0 Å². The number of nitrogens with zero attached hydrogens (tertiary/aromatic N) is 1. The van der Waals surface area contributed by atoms with Crippen LogP contribution in [0.15, 0.2) is 48.5 Å². The molecular weight excluding hydrogens is 330 g/mol. The molecule has 0 saturated carbocycles. The van der Waals surface area contributed by atoms with Crippen molar-refractivity contribution in [1.29, 1.82) is 5.26 Å². The summed E-state index contributed by atoms with van der Waals surface area (Å²) in [4.78, 5) is 12.3. The fourth-order valence-electron chi connectivity index (χ4n) is 2.22. The number of rotatable bonds is 9. The van der Waals surface area contributed by atoms with Crippen LogP contribution in [0.1, 0.15) is 29.3 Å². The minimum atomic E-state index is -0.123. The van der Waals surface area contributed by atoms with E-state index in [2.05, 4.69) is 0 Å². The van der Waals surface area contributed by atoms with Gasteiger partial charge in [-0.05, 0) is 54.5 Å². The predicted molar refractivity (Wildman–Crippen MR) is 99.7 cm³/mol. The highest BCUT2D eigenvalue weighted by Crippen LogP contribution is 2.28. The molecule has 0 aliphatic carbocycles. The van der Waals surface area contributed by atoms with E-state index >= 15 is 0 Å². The Kier molecular flexibility index (Phi) is 7.26. The maximum atomic E-state index is 12.3. The minimum absolute atomic E-state index is 0.0208. The first kappa shape index (κ1) is 19.1. The fraction of sp³-hybridized carbons (Fsp3) is 0.238. The lowest BCUT2D eigenvalue weighted by Gasteiger charge is -2.10. The van der Waals surface area contributed by atoms with Crippen LogP contribution in [0.4, 0.5) is 0 Å². The second-order valence-corrected chi connectivity index (χ2v) is 5.43. The monoisotopic (exact) mass is 351 g/mol. The number of hydrogen-bond acceptors (Lipinski definition) is 5. The fourth-order valence-corrected chi connectivity index (χ4v) is 2.22. The summed E-state index contributed by atoms with van der Waals surface area (Å²) in [6, 6.07) is 14.1. The number of methoxy groups -OCH3 is 1. The van der Waals surface area contributed by atoms with E-state index in [1.54, 1.807) is 37.5 Å². The van der Waals surface area contributed by atoms with Gasteiger partial charge in [-0.3, -0.25) is 4.79 Å². The first-order valence-electron chi connectivity index (χ1n) is 8.31. The Balaban J connectivity index is 2.06. The molecule has 5 heteroatoms. The summed E-state index contributed by atoms with van der Waals surface area (Å²) in [5.41, 5.74) is 1.38. The lowest BCUT2D eigenvalue weighted by atomic mass is 10.1. The van der Waals surface area contributed by atoms with Crippen molar-refractivity contribution in [3.05, 3.63) is 59.7 Å². The second kappa shape index (κ2) is 9.90. The van der Waals surface area contributed by atoms with Crippen molar-refractivity contribution in [1.82, 2.24) is 0 Å². The number of ketones is 1. The highest BCUT2D eigenvalue weighted by molar-refractivity contribution is 6.06. The lowest BCUT2D eigenvalue weighted by Crippen LogP contribution is -1.98. The summed E-state index contributed by atoms with van der Waals surface area (Å²) in [6.07, 6.45) is 4.15. The van der Waals surface area contributed by atoms with E-state index in [-0.39, 0.29) is 12.4 Å². The molecule has 5 nitrogen and oxygen atoms in total. The van der Waals surface area contributed by atoms with E-state index in [0.717, 1.165) is 12.0 Å². The Morgan fingerprint density at radius 3 is 2.54 bits per heavy atom. The van der Waals surface area contributed by atoms with Gasteiger partial charge >= 0.3 is 0 Å². The molecular formula is C21H21NO4. The van der Waals surface area contributed by atoms with Gasteiger partial charge in [0.25, 0.3) is 0 Å². The van der Waals surface area contributed by atoms with Crippen molar-refractivity contribution in [2.75, 3.05) is 20.3 Å². The van der Waals surface area contributed by atoms with Crippen molar-refractivity contribution in [3.8, 4) is 23.3 Å². The SMILES string of the molecule is CCCOc1ccc(/C=C/C(=O)c2ccc(OCC#N)cc2)cc1OC. The zero-order valence-corrected chi connectivity index (χ0v) is 14.9. The van der Waals surface area contributed by atoms with Gasteiger partial charge in [0.2, 0.25) is 0 Å². The topological polar surface area (TPSA) is 68.5 Å². The number of carbonyl (C=O) groups is 1. The summed E-state index contributed by atoms with van der Waals surface area (Å²) in [5.74, 6) is 1.75. The predicted octanol–water partition coefficient (Wildman–Crippen LogP) is 4.28. The third kappa shape index (κ3) is 5.38. The molecule has 0 aromatic heterocycles. The molecule has 0 saturated heterocycles. The Morgan fingerprint density at radius 1 is 1.12 bits per heavy atom. The van der Waals surface area contributed by atoms with Gasteiger partial charge in [-0.1, -0.05) is 19.1 Å². The molecule has 0 heterocycles. The number of nitriles is 1. The van der Waals surface area contributed by atoms with Gasteiger partial charge in [0.1, 0.15) is 11.8 Å². The molecule has 26 heavy (non-hydrogen) atoms. The number of ether oxygens (including phenoxy) is 3. The summed E-state index contributed by atoms with van der Waals surface area (Å²) in [7, 11) is 1.59. The zero-order valence-electron chi connectivity index (χ0n) is 14.9. The number of benzene rings is 2. The van der Waals surface area contributed by atoms with E-state index < -0.39 is 0 Å². The molecule has 0 bridgehead atoms. The van der Waals surface area contributed by atoms with E-state index in [1.807, 2.05) is 31.2 Å². The maximum absolute atomic E-state index is 12.3. The molecule has 0 atom stereocenters. The van der Waals surface area contributed by atoms with Crippen LogP contribution in [0.25, 0.3) is 6.08 Å². The number of allylic oxidation sites excluding steroid dienone is 1. The van der Waals surface area contributed by atoms with Crippen LogP contribution in [0.3, 0.4) is 0 Å². The van der Waals surface area contributed by atoms with Crippen LogP contribution >= 0.6 is 0 Å². The molecule has 0 amide bonds. The molecule has 0 aliphatic heterocycles. The molecule has 0 fully saturated rings. The maximum Gasteiger partial charge on any atom is 0.185 e. The Bertz CT molecular complexity index is 804. The highest BCUT2D eigenvalue weighted by atomic mass is 16.5. The van der Waals surface area contributed by atoms with Gasteiger partial charge in [0.05, 0.1) is 13.7 Å². The molecule has 134 valence electrons. The lowest BCUT2D eigenvalue weighted by molar-refractivity contribution is 0.104. The quantitative estimate of drug-likeness (QED) is 0.498. The average molecular weight is 351 g/mol. The van der Waals surface area contributed by atoms with Crippen molar-refractivity contribution < 1.29 is 19.0 Å². The van der Waals surface area contributed by atoms with Crippen LogP contribution in [-0.4, -0.2) is 26.1 Å². The van der Waals surface area contributed by atoms with E-state index in [9.17, 15) is 4.79 Å². The molecule has 0 radical (unpaired) electrons. The third-order valence-corrected chi connectivity index (χ3v) is 3.52. The molecule has 2 aromatic carbocycles. The minimum Gasteiger partial charge on any atom is -0.493 e. The van der Waals surface area contributed by atoms with Crippen LogP contribution in [0.5, 0.6) is 17.2 Å². The van der Waals surface area contributed by atoms with Gasteiger partial charge in [-0.15, -0.1) is 0 Å². The standard InChI is InChI=1S/C21H21NO4/c1-3-13-26-20-11-5-16(15-21(20)24-2)4-10-19(23)17-6-8-18(9-7-17)25-14-12-22/h4-11,15H,3,13-14H2,1-2H3/b10-4+. The van der Waals surface area contributed by atoms with E-state index in [1.165, 1.54) is 6.08 Å². The van der Waals surface area contributed by atoms with Gasteiger partial charge in [-0.2, -0.15) is 5.26 Å². The normalized spacial score (nSPS) is 10.3. The first-order chi connectivity index (χ1) is 12.7. The summed E-state index contributed by atoms with van der Waals surface area (Å²) in [5, 5.41) is 8.49. The van der Waals surface area contributed by atoms with Crippen LogP contribution in [-0.2, 0) is 0 Å². The molecule has 2 aromatic rings. The summed E-state index contributed by atoms with van der Waals surface area (Å²) < 4.78 is 16.1. The second-order valence-electron chi connectivity index (χ2n) is 5.43. The molecule has 2 rings (SSSR count). The van der Waals surface area contributed by atoms with E-state index in [4.69, 9.17) is 19.5 Å². The Hall–Kier alpha value is -3.26. The Morgan fingerprint density at radius 2 is 1.88 bits per heavy atom. The summed E-state index contributed by atoms with van der Waals surface area (Å²) in [6.45, 7) is 2.64. The van der Waals surface area contributed by atoms with Crippen LogP contribution in [0, 0.1) is 11.3 Å². The Labute approximate surface area is 153 Å². The van der Waals surface area contributed by atoms with Gasteiger partial charge < -0.3 is 14.2 Å². The van der Waals surface area contributed by atoms with Gasteiger partial charge in [0.15, 0.2) is 23.9 Å². The average Bonchev–Trinajstić information content (AvgIpc) is 2.69. The molecule has 0 N–H and O–H groups in total. The largest absolute Gasteiger partial charge is 0.493 e. The van der Waals surface area contributed by atoms with Crippen molar-refractivity contribution >= 4 is 11.9 Å². The van der Waals surface area contributed by atoms with Crippen molar-refractivity contribution in [3.63, 3.8) is 0 Å². The van der Waals surface area contributed by atoms with Crippen LogP contribution < -0.4 is 14.2 Å². The third-order valence-electron chi connectivity index (χ3n) is 3.52. The first-order valence-corrected chi connectivity index (χ1v) is 8.31. The smallest absolute Gasteiger partial charge is 0.185 e. The zero-order chi connectivity index (χ0) is 18.8. The molecule has 0 aliphatic rings. The van der Waals surface area contributed by atoms with Crippen molar-refractivity contribution in [2.45, 2.75) is 13.3 Å². The summed E-state index contributed by atoms with van der Waals surface area (Å²) >= 11 is 0. The number of hydrogen-bond donors (Lipinski definition) is 0. The van der Waals surface area contributed by atoms with E-state index in [0.29, 0.717) is 29.4 Å². The van der Waals surface area contributed by atoms with Gasteiger partial charge in [0, 0.05) is 5.56 Å². The molecule has 0 unspecified atom stereocenters. The molecule has 0 spiro atoms.